The molecule has 0 spiro atoms. The normalized spacial score (nSPS) is 11.7. The number of benzene rings is 3. The van der Waals surface area contributed by atoms with E-state index >= 15 is 0 Å². The molecular weight excluding hydrogens is 336 g/mol. The van der Waals surface area contributed by atoms with E-state index in [0.717, 1.165) is 28.0 Å². The van der Waals surface area contributed by atoms with Gasteiger partial charge in [0.15, 0.2) is 0 Å². The molecule has 3 heteroatoms. The lowest BCUT2D eigenvalue weighted by Gasteiger charge is -2.15. The van der Waals surface area contributed by atoms with Gasteiger partial charge in [0, 0.05) is 6.42 Å². The Kier molecular flexibility index (Phi) is 5.92. The Morgan fingerprint density at radius 1 is 0.852 bits per heavy atom. The lowest BCUT2D eigenvalue weighted by molar-refractivity contribution is -0.148. The van der Waals surface area contributed by atoms with E-state index in [4.69, 9.17) is 9.47 Å². The Morgan fingerprint density at radius 2 is 1.37 bits per heavy atom. The van der Waals surface area contributed by atoms with E-state index in [1.54, 1.807) is 14.0 Å². The van der Waals surface area contributed by atoms with Gasteiger partial charge >= 0.3 is 5.97 Å². The third-order valence-electron chi connectivity index (χ3n) is 4.62. The number of rotatable bonds is 6. The van der Waals surface area contributed by atoms with E-state index < -0.39 is 0 Å². The van der Waals surface area contributed by atoms with Crippen LogP contribution in [-0.4, -0.2) is 13.1 Å². The van der Waals surface area contributed by atoms with Crippen LogP contribution in [0.25, 0.3) is 22.3 Å². The van der Waals surface area contributed by atoms with Crippen LogP contribution in [0.15, 0.2) is 72.8 Å². The van der Waals surface area contributed by atoms with Gasteiger partial charge in [0.05, 0.1) is 7.11 Å². The highest BCUT2D eigenvalue weighted by atomic mass is 16.5. The zero-order chi connectivity index (χ0) is 19.2. The molecule has 3 nitrogen and oxygen atoms in total. The molecule has 0 aliphatic rings. The van der Waals surface area contributed by atoms with E-state index in [1.807, 2.05) is 43.3 Å². The standard InChI is InChI=1S/C24H24O3/c1-4-24(25)27-17(2)18-9-11-19(12-10-18)22-7-5-6-8-23(22)20-13-15-21(26-3)16-14-20/h5-17H,4H2,1-3H3. The van der Waals surface area contributed by atoms with Crippen molar-refractivity contribution in [1.82, 2.24) is 0 Å². The predicted molar refractivity (Wildman–Crippen MR) is 109 cm³/mol. The third-order valence-corrected chi connectivity index (χ3v) is 4.62. The first-order valence-electron chi connectivity index (χ1n) is 9.15. The smallest absolute Gasteiger partial charge is 0.306 e. The minimum atomic E-state index is -0.247. The Morgan fingerprint density at radius 3 is 1.85 bits per heavy atom. The fourth-order valence-corrected chi connectivity index (χ4v) is 3.04. The zero-order valence-electron chi connectivity index (χ0n) is 15.9. The summed E-state index contributed by atoms with van der Waals surface area (Å²) in [5, 5.41) is 0. The van der Waals surface area contributed by atoms with E-state index in [0.29, 0.717) is 6.42 Å². The average molecular weight is 360 g/mol. The van der Waals surface area contributed by atoms with Crippen molar-refractivity contribution in [3.8, 4) is 28.0 Å². The molecule has 0 aromatic heterocycles. The van der Waals surface area contributed by atoms with Gasteiger partial charge in [-0.25, -0.2) is 0 Å². The summed E-state index contributed by atoms with van der Waals surface area (Å²) in [4.78, 5) is 11.5. The number of ether oxygens (including phenoxy) is 2. The summed E-state index contributed by atoms with van der Waals surface area (Å²) >= 11 is 0. The maximum Gasteiger partial charge on any atom is 0.306 e. The summed E-state index contributed by atoms with van der Waals surface area (Å²) in [7, 11) is 1.67. The lowest BCUT2D eigenvalue weighted by Crippen LogP contribution is -2.07. The second-order valence-electron chi connectivity index (χ2n) is 6.38. The first-order valence-corrected chi connectivity index (χ1v) is 9.15. The second-order valence-corrected chi connectivity index (χ2v) is 6.38. The minimum absolute atomic E-state index is 0.184. The Hall–Kier alpha value is -3.07. The summed E-state index contributed by atoms with van der Waals surface area (Å²) in [6, 6.07) is 24.6. The first kappa shape index (κ1) is 18.7. The molecule has 3 aromatic rings. The highest BCUT2D eigenvalue weighted by Crippen LogP contribution is 2.33. The number of carbonyl (C=O) groups excluding carboxylic acids is 1. The molecule has 0 bridgehead atoms. The van der Waals surface area contributed by atoms with Crippen molar-refractivity contribution in [2.45, 2.75) is 26.4 Å². The van der Waals surface area contributed by atoms with Crippen molar-refractivity contribution in [1.29, 1.82) is 0 Å². The molecule has 3 rings (SSSR count). The van der Waals surface area contributed by atoms with E-state index in [1.165, 1.54) is 5.56 Å². The molecule has 0 fully saturated rings. The Bertz CT molecular complexity index is 896. The molecule has 0 N–H and O–H groups in total. The largest absolute Gasteiger partial charge is 0.497 e. The molecule has 0 saturated carbocycles. The number of esters is 1. The van der Waals surface area contributed by atoms with Crippen LogP contribution in [-0.2, 0) is 9.53 Å². The molecule has 1 unspecified atom stereocenters. The summed E-state index contributed by atoms with van der Waals surface area (Å²) in [5.41, 5.74) is 5.58. The monoisotopic (exact) mass is 360 g/mol. The van der Waals surface area contributed by atoms with Gasteiger partial charge in [0.1, 0.15) is 11.9 Å². The average Bonchev–Trinajstić information content (AvgIpc) is 2.73. The van der Waals surface area contributed by atoms with Gasteiger partial charge in [-0.3, -0.25) is 4.79 Å². The Labute approximate surface area is 160 Å². The summed E-state index contributed by atoms with van der Waals surface area (Å²) in [5.74, 6) is 0.660. The molecule has 3 aromatic carbocycles. The van der Waals surface area contributed by atoms with Crippen LogP contribution >= 0.6 is 0 Å². The molecule has 1 atom stereocenters. The summed E-state index contributed by atoms with van der Waals surface area (Å²) in [6.07, 6.45) is 0.140. The second kappa shape index (κ2) is 8.54. The third kappa shape index (κ3) is 4.37. The maximum atomic E-state index is 11.5. The van der Waals surface area contributed by atoms with Gasteiger partial charge in [-0.05, 0) is 46.9 Å². The van der Waals surface area contributed by atoms with Crippen LogP contribution in [0.2, 0.25) is 0 Å². The van der Waals surface area contributed by atoms with Crippen molar-refractivity contribution in [3.63, 3.8) is 0 Å². The fraction of sp³-hybridized carbons (Fsp3) is 0.208. The van der Waals surface area contributed by atoms with Crippen LogP contribution in [0.5, 0.6) is 5.75 Å². The highest BCUT2D eigenvalue weighted by molar-refractivity contribution is 5.83. The van der Waals surface area contributed by atoms with Crippen LogP contribution < -0.4 is 4.74 Å². The molecule has 0 radical (unpaired) electrons. The van der Waals surface area contributed by atoms with Gasteiger partial charge in [-0.2, -0.15) is 0 Å². The molecule has 0 aliphatic heterocycles. The topological polar surface area (TPSA) is 35.5 Å². The number of carbonyl (C=O) groups is 1. The number of hydrogen-bond donors (Lipinski definition) is 0. The van der Waals surface area contributed by atoms with Gasteiger partial charge in [-0.15, -0.1) is 0 Å². The van der Waals surface area contributed by atoms with Crippen LogP contribution in [0.4, 0.5) is 0 Å². The van der Waals surface area contributed by atoms with Crippen LogP contribution in [0, 0.1) is 0 Å². The molecule has 0 heterocycles. The quantitative estimate of drug-likeness (QED) is 0.502. The van der Waals surface area contributed by atoms with E-state index in [2.05, 4.69) is 36.4 Å². The van der Waals surface area contributed by atoms with Crippen molar-refractivity contribution >= 4 is 5.97 Å². The lowest BCUT2D eigenvalue weighted by atomic mass is 9.94. The Balaban J connectivity index is 1.89. The van der Waals surface area contributed by atoms with Crippen molar-refractivity contribution in [2.24, 2.45) is 0 Å². The van der Waals surface area contributed by atoms with Crippen LogP contribution in [0.3, 0.4) is 0 Å². The van der Waals surface area contributed by atoms with Crippen LogP contribution in [0.1, 0.15) is 31.9 Å². The molecule has 0 amide bonds. The van der Waals surface area contributed by atoms with Gasteiger partial charge in [0.2, 0.25) is 0 Å². The van der Waals surface area contributed by atoms with Crippen molar-refractivity contribution < 1.29 is 14.3 Å². The number of methoxy groups -OCH3 is 1. The van der Waals surface area contributed by atoms with Gasteiger partial charge in [-0.1, -0.05) is 67.6 Å². The number of hydrogen-bond acceptors (Lipinski definition) is 3. The molecule has 0 saturated heterocycles. The molecule has 138 valence electrons. The minimum Gasteiger partial charge on any atom is -0.497 e. The van der Waals surface area contributed by atoms with E-state index in [9.17, 15) is 4.79 Å². The highest BCUT2D eigenvalue weighted by Gasteiger charge is 2.12. The molecule has 27 heavy (non-hydrogen) atoms. The summed E-state index contributed by atoms with van der Waals surface area (Å²) in [6.45, 7) is 3.70. The van der Waals surface area contributed by atoms with Crippen molar-refractivity contribution in [2.75, 3.05) is 7.11 Å². The molecule has 0 aliphatic carbocycles. The van der Waals surface area contributed by atoms with Gasteiger partial charge < -0.3 is 9.47 Å². The molecular formula is C24H24O3. The van der Waals surface area contributed by atoms with Crippen molar-refractivity contribution in [3.05, 3.63) is 78.4 Å². The maximum absolute atomic E-state index is 11.5. The summed E-state index contributed by atoms with van der Waals surface area (Å²) < 4.78 is 10.7. The first-order chi connectivity index (χ1) is 13.1. The SMILES string of the molecule is CCC(=O)OC(C)c1ccc(-c2ccccc2-c2ccc(OC)cc2)cc1. The van der Waals surface area contributed by atoms with Gasteiger partial charge in [0.25, 0.3) is 0 Å². The zero-order valence-corrected chi connectivity index (χ0v) is 15.9. The van der Waals surface area contributed by atoms with E-state index in [-0.39, 0.29) is 12.1 Å². The predicted octanol–water partition coefficient (Wildman–Crippen LogP) is 6.04. The fourth-order valence-electron chi connectivity index (χ4n) is 3.04.